The van der Waals surface area contributed by atoms with E-state index in [1.54, 1.807) is 13.2 Å². The first-order valence-electron chi connectivity index (χ1n) is 5.60. The SMILES string of the molecule is CN(Cc1cccc(-c2cccnc2)c1)OC=O. The van der Waals surface area contributed by atoms with E-state index in [4.69, 9.17) is 4.84 Å². The van der Waals surface area contributed by atoms with Crippen molar-refractivity contribution in [1.82, 2.24) is 10.0 Å². The van der Waals surface area contributed by atoms with Crippen LogP contribution in [0.15, 0.2) is 48.8 Å². The molecular weight excluding hydrogens is 228 g/mol. The molecule has 0 fully saturated rings. The van der Waals surface area contributed by atoms with Gasteiger partial charge in [0.15, 0.2) is 0 Å². The summed E-state index contributed by atoms with van der Waals surface area (Å²) in [6.45, 7) is 0.970. The molecule has 0 N–H and O–H groups in total. The van der Waals surface area contributed by atoms with Gasteiger partial charge in [-0.3, -0.25) is 9.78 Å². The van der Waals surface area contributed by atoms with Gasteiger partial charge in [0.2, 0.25) is 0 Å². The minimum atomic E-state index is 0.422. The minimum Gasteiger partial charge on any atom is -0.371 e. The zero-order valence-electron chi connectivity index (χ0n) is 10.1. The van der Waals surface area contributed by atoms with E-state index in [0.29, 0.717) is 13.0 Å². The maximum absolute atomic E-state index is 10.2. The standard InChI is InChI=1S/C14H14N2O2/c1-16(18-11-17)10-12-4-2-5-13(8-12)14-6-3-7-15-9-14/h2-9,11H,10H2,1H3. The summed E-state index contributed by atoms with van der Waals surface area (Å²) in [5.74, 6) is 0. The molecule has 2 rings (SSSR count). The highest BCUT2D eigenvalue weighted by atomic mass is 16.7. The fraction of sp³-hybridized carbons (Fsp3) is 0.143. The molecule has 92 valence electrons. The molecule has 0 spiro atoms. The molecule has 0 bridgehead atoms. The van der Waals surface area contributed by atoms with E-state index in [2.05, 4.69) is 11.1 Å². The second kappa shape index (κ2) is 5.93. The molecule has 0 aliphatic heterocycles. The quantitative estimate of drug-likeness (QED) is 0.596. The van der Waals surface area contributed by atoms with Crippen LogP contribution in [0.4, 0.5) is 0 Å². The number of hydrogen-bond donors (Lipinski definition) is 0. The fourth-order valence-corrected chi connectivity index (χ4v) is 1.75. The first kappa shape index (κ1) is 12.3. The summed E-state index contributed by atoms with van der Waals surface area (Å²) in [5, 5.41) is 1.48. The van der Waals surface area contributed by atoms with Crippen LogP contribution in [0, 0.1) is 0 Å². The van der Waals surface area contributed by atoms with Gasteiger partial charge in [0, 0.05) is 19.4 Å². The highest BCUT2D eigenvalue weighted by Gasteiger charge is 2.03. The number of nitrogens with zero attached hydrogens (tertiary/aromatic N) is 2. The number of benzene rings is 1. The second-order valence-corrected chi connectivity index (χ2v) is 3.93. The lowest BCUT2D eigenvalue weighted by Crippen LogP contribution is -2.17. The predicted molar refractivity (Wildman–Crippen MR) is 68.3 cm³/mol. The Morgan fingerprint density at radius 2 is 2.11 bits per heavy atom. The van der Waals surface area contributed by atoms with E-state index in [-0.39, 0.29) is 0 Å². The Kier molecular flexibility index (Phi) is 4.04. The monoisotopic (exact) mass is 242 g/mol. The Hall–Kier alpha value is -2.20. The van der Waals surface area contributed by atoms with Gasteiger partial charge in [-0.1, -0.05) is 24.3 Å². The van der Waals surface area contributed by atoms with Crippen LogP contribution >= 0.6 is 0 Å². The Morgan fingerprint density at radius 1 is 1.28 bits per heavy atom. The first-order valence-corrected chi connectivity index (χ1v) is 5.60. The number of hydroxylamine groups is 2. The average Bonchev–Trinajstić information content (AvgIpc) is 2.40. The van der Waals surface area contributed by atoms with E-state index in [1.165, 1.54) is 5.06 Å². The summed E-state index contributed by atoms with van der Waals surface area (Å²) in [4.78, 5) is 19.1. The summed E-state index contributed by atoms with van der Waals surface area (Å²) in [6, 6.07) is 12.0. The molecule has 0 aliphatic carbocycles. The van der Waals surface area contributed by atoms with Crippen molar-refractivity contribution in [2.75, 3.05) is 7.05 Å². The molecule has 0 radical (unpaired) electrons. The summed E-state index contributed by atoms with van der Waals surface area (Å²) in [7, 11) is 1.71. The Labute approximate surface area is 106 Å². The van der Waals surface area contributed by atoms with E-state index in [1.807, 2.05) is 36.5 Å². The third-order valence-corrected chi connectivity index (χ3v) is 2.55. The van der Waals surface area contributed by atoms with Gasteiger partial charge in [-0.25, -0.2) is 0 Å². The highest BCUT2D eigenvalue weighted by Crippen LogP contribution is 2.19. The number of carbonyl (C=O) groups excluding carboxylic acids is 1. The Morgan fingerprint density at radius 3 is 2.83 bits per heavy atom. The van der Waals surface area contributed by atoms with Crippen molar-refractivity contribution in [3.63, 3.8) is 0 Å². The molecule has 0 saturated carbocycles. The summed E-state index contributed by atoms with van der Waals surface area (Å²) >= 11 is 0. The Bertz CT molecular complexity index is 514. The topological polar surface area (TPSA) is 42.4 Å². The number of rotatable bonds is 5. The van der Waals surface area contributed by atoms with E-state index in [9.17, 15) is 4.79 Å². The predicted octanol–water partition coefficient (Wildman–Crippen LogP) is 2.27. The molecule has 2 aromatic rings. The van der Waals surface area contributed by atoms with Gasteiger partial charge in [0.05, 0.1) is 6.54 Å². The zero-order valence-corrected chi connectivity index (χ0v) is 10.1. The molecule has 1 aromatic heterocycles. The van der Waals surface area contributed by atoms with Crippen LogP contribution < -0.4 is 0 Å². The first-order chi connectivity index (χ1) is 8.79. The van der Waals surface area contributed by atoms with Crippen molar-refractivity contribution in [3.8, 4) is 11.1 Å². The Balaban J connectivity index is 2.18. The molecule has 0 saturated heterocycles. The molecule has 0 amide bonds. The van der Waals surface area contributed by atoms with Crippen LogP contribution in [0.3, 0.4) is 0 Å². The maximum atomic E-state index is 10.2. The van der Waals surface area contributed by atoms with Crippen LogP contribution in [0.5, 0.6) is 0 Å². The molecule has 1 heterocycles. The van der Waals surface area contributed by atoms with Crippen molar-refractivity contribution < 1.29 is 9.63 Å². The maximum Gasteiger partial charge on any atom is 0.312 e. The molecule has 0 aliphatic rings. The van der Waals surface area contributed by atoms with E-state index < -0.39 is 0 Å². The minimum absolute atomic E-state index is 0.422. The smallest absolute Gasteiger partial charge is 0.312 e. The largest absolute Gasteiger partial charge is 0.371 e. The lowest BCUT2D eigenvalue weighted by Gasteiger charge is -2.13. The molecule has 0 unspecified atom stereocenters. The third kappa shape index (κ3) is 3.15. The summed E-state index contributed by atoms with van der Waals surface area (Å²) < 4.78 is 0. The normalized spacial score (nSPS) is 10.3. The van der Waals surface area contributed by atoms with Crippen LogP contribution in [0.1, 0.15) is 5.56 Å². The van der Waals surface area contributed by atoms with E-state index in [0.717, 1.165) is 16.7 Å². The second-order valence-electron chi connectivity index (χ2n) is 3.93. The lowest BCUT2D eigenvalue weighted by atomic mass is 10.0. The van der Waals surface area contributed by atoms with Gasteiger partial charge in [-0.05, 0) is 28.8 Å². The summed E-state index contributed by atoms with van der Waals surface area (Å²) in [6.07, 6.45) is 3.57. The third-order valence-electron chi connectivity index (χ3n) is 2.55. The van der Waals surface area contributed by atoms with Gasteiger partial charge in [-0.2, -0.15) is 0 Å². The lowest BCUT2D eigenvalue weighted by molar-refractivity contribution is -0.169. The van der Waals surface area contributed by atoms with Crippen LogP contribution in [-0.4, -0.2) is 23.6 Å². The zero-order chi connectivity index (χ0) is 12.8. The molecule has 0 atom stereocenters. The van der Waals surface area contributed by atoms with Crippen molar-refractivity contribution in [1.29, 1.82) is 0 Å². The van der Waals surface area contributed by atoms with Crippen molar-refractivity contribution in [2.24, 2.45) is 0 Å². The van der Waals surface area contributed by atoms with Crippen LogP contribution in [0.25, 0.3) is 11.1 Å². The molecule has 4 heteroatoms. The van der Waals surface area contributed by atoms with E-state index >= 15 is 0 Å². The molecule has 1 aromatic carbocycles. The number of carbonyl (C=O) groups is 1. The van der Waals surface area contributed by atoms with Crippen molar-refractivity contribution in [2.45, 2.75) is 6.54 Å². The van der Waals surface area contributed by atoms with Gasteiger partial charge in [0.1, 0.15) is 0 Å². The van der Waals surface area contributed by atoms with Crippen molar-refractivity contribution in [3.05, 3.63) is 54.4 Å². The number of pyridine rings is 1. The fourth-order valence-electron chi connectivity index (χ4n) is 1.75. The molecule has 18 heavy (non-hydrogen) atoms. The number of aromatic nitrogens is 1. The highest BCUT2D eigenvalue weighted by molar-refractivity contribution is 5.62. The summed E-state index contributed by atoms with van der Waals surface area (Å²) in [5.41, 5.74) is 3.24. The molecule has 4 nitrogen and oxygen atoms in total. The van der Waals surface area contributed by atoms with Crippen molar-refractivity contribution >= 4 is 6.47 Å². The van der Waals surface area contributed by atoms with Gasteiger partial charge in [-0.15, -0.1) is 5.06 Å². The van der Waals surface area contributed by atoms with Gasteiger partial charge < -0.3 is 4.84 Å². The van der Waals surface area contributed by atoms with Crippen LogP contribution in [-0.2, 0) is 16.2 Å². The van der Waals surface area contributed by atoms with Gasteiger partial charge >= 0.3 is 6.47 Å². The molecular formula is C14H14N2O2. The van der Waals surface area contributed by atoms with Crippen LogP contribution in [0.2, 0.25) is 0 Å². The average molecular weight is 242 g/mol. The number of hydrogen-bond acceptors (Lipinski definition) is 4. The van der Waals surface area contributed by atoms with Gasteiger partial charge in [0.25, 0.3) is 0 Å².